The van der Waals surface area contributed by atoms with Gasteiger partial charge < -0.3 is 4.52 Å². The number of para-hydroxylation sites is 3. The van der Waals surface area contributed by atoms with Crippen LogP contribution in [-0.4, -0.2) is 14.4 Å². The average Bonchev–Trinajstić information content (AvgIpc) is 2.89. The standard InChI is InChI=1S/C28H20N3O2P/c1-19-11-10-16-22-25(19)30-26-27(29-23-17-8-9-18-24(23)31(26)28(22)32)33-34(20-12-4-2-5-13-20)21-14-6-3-7-15-21/h2-18H,1H3. The molecule has 0 aliphatic carbocycles. The molecule has 0 fully saturated rings. The fourth-order valence-corrected chi connectivity index (χ4v) is 5.85. The molecule has 5 nitrogen and oxygen atoms in total. The van der Waals surface area contributed by atoms with Gasteiger partial charge in [-0.25, -0.2) is 9.97 Å². The summed E-state index contributed by atoms with van der Waals surface area (Å²) < 4.78 is 8.31. The second-order valence-electron chi connectivity index (χ2n) is 8.01. The van der Waals surface area contributed by atoms with Crippen LogP contribution in [0.2, 0.25) is 0 Å². The SMILES string of the molecule is Cc1cccc2c(=O)n3c(nc12)c(OP(c1ccccc1)c1ccccc1)nc1ccccc13. The lowest BCUT2D eigenvalue weighted by Crippen LogP contribution is -2.20. The highest BCUT2D eigenvalue weighted by Gasteiger charge is 2.22. The quantitative estimate of drug-likeness (QED) is 0.208. The monoisotopic (exact) mass is 461 g/mol. The average molecular weight is 461 g/mol. The lowest BCUT2D eigenvalue weighted by atomic mass is 10.1. The third-order valence-corrected chi connectivity index (χ3v) is 7.69. The molecule has 0 unspecified atom stereocenters. The Morgan fingerprint density at radius 1 is 0.735 bits per heavy atom. The summed E-state index contributed by atoms with van der Waals surface area (Å²) in [6.45, 7) is 1.96. The molecule has 0 atom stereocenters. The Morgan fingerprint density at radius 2 is 1.38 bits per heavy atom. The van der Waals surface area contributed by atoms with Crippen molar-refractivity contribution in [1.29, 1.82) is 0 Å². The van der Waals surface area contributed by atoms with Crippen LogP contribution in [0.15, 0.2) is 108 Å². The second kappa shape index (κ2) is 8.36. The number of rotatable bonds is 4. The van der Waals surface area contributed by atoms with Gasteiger partial charge in [-0.05, 0) is 30.7 Å². The summed E-state index contributed by atoms with van der Waals surface area (Å²) in [4.78, 5) is 23.4. The van der Waals surface area contributed by atoms with Gasteiger partial charge in [0.2, 0.25) is 5.65 Å². The molecule has 0 amide bonds. The van der Waals surface area contributed by atoms with Gasteiger partial charge in [0.1, 0.15) is 0 Å². The van der Waals surface area contributed by atoms with E-state index in [4.69, 9.17) is 14.5 Å². The minimum Gasteiger partial charge on any atom is -0.444 e. The van der Waals surface area contributed by atoms with Crippen LogP contribution < -0.4 is 20.7 Å². The molecule has 6 heteroatoms. The highest BCUT2D eigenvalue weighted by atomic mass is 31.1. The van der Waals surface area contributed by atoms with Crippen LogP contribution in [0, 0.1) is 6.92 Å². The molecule has 0 saturated carbocycles. The van der Waals surface area contributed by atoms with Crippen molar-refractivity contribution in [2.24, 2.45) is 0 Å². The van der Waals surface area contributed by atoms with Gasteiger partial charge in [0, 0.05) is 10.6 Å². The van der Waals surface area contributed by atoms with Gasteiger partial charge in [0.05, 0.1) is 21.9 Å². The second-order valence-corrected chi connectivity index (χ2v) is 9.81. The summed E-state index contributed by atoms with van der Waals surface area (Å²) in [5.74, 6) is 0.347. The summed E-state index contributed by atoms with van der Waals surface area (Å²) in [6.07, 6.45) is 0. The van der Waals surface area contributed by atoms with Crippen molar-refractivity contribution in [3.05, 3.63) is 119 Å². The predicted octanol–water partition coefficient (Wildman–Crippen LogP) is 5.13. The minimum absolute atomic E-state index is 0.129. The molecular formula is C28H20N3O2P. The number of hydrogen-bond acceptors (Lipinski definition) is 4. The Hall–Kier alpha value is -4.08. The molecule has 0 bridgehead atoms. The Balaban J connectivity index is 1.66. The van der Waals surface area contributed by atoms with E-state index in [1.807, 2.05) is 85.8 Å². The maximum Gasteiger partial charge on any atom is 0.266 e. The van der Waals surface area contributed by atoms with E-state index >= 15 is 0 Å². The van der Waals surface area contributed by atoms with E-state index < -0.39 is 8.15 Å². The van der Waals surface area contributed by atoms with Crippen molar-refractivity contribution in [2.75, 3.05) is 0 Å². The Labute approximate surface area is 197 Å². The normalized spacial score (nSPS) is 11.5. The van der Waals surface area contributed by atoms with Gasteiger partial charge in [-0.3, -0.25) is 9.20 Å². The minimum atomic E-state index is -1.23. The number of aromatic nitrogens is 3. The summed E-state index contributed by atoms with van der Waals surface area (Å²) in [6, 6.07) is 33.5. The third-order valence-electron chi connectivity index (χ3n) is 5.80. The Morgan fingerprint density at radius 3 is 2.09 bits per heavy atom. The van der Waals surface area contributed by atoms with Gasteiger partial charge in [0.15, 0.2) is 8.15 Å². The molecule has 0 N–H and O–H groups in total. The fraction of sp³-hybridized carbons (Fsp3) is 0.0357. The molecule has 0 saturated heterocycles. The molecule has 6 rings (SSSR count). The third kappa shape index (κ3) is 3.42. The maximum atomic E-state index is 13.7. The molecule has 0 aliphatic rings. The van der Waals surface area contributed by atoms with E-state index in [9.17, 15) is 4.79 Å². The Bertz CT molecular complexity index is 1680. The summed E-state index contributed by atoms with van der Waals surface area (Å²) in [5, 5.41) is 2.68. The first-order valence-electron chi connectivity index (χ1n) is 11.0. The van der Waals surface area contributed by atoms with Crippen molar-refractivity contribution < 1.29 is 4.52 Å². The molecule has 34 heavy (non-hydrogen) atoms. The molecule has 0 radical (unpaired) electrons. The smallest absolute Gasteiger partial charge is 0.266 e. The van der Waals surface area contributed by atoms with Gasteiger partial charge in [0.25, 0.3) is 11.4 Å². The first kappa shape index (κ1) is 20.5. The van der Waals surface area contributed by atoms with Gasteiger partial charge in [-0.15, -0.1) is 0 Å². The van der Waals surface area contributed by atoms with E-state index in [2.05, 4.69) is 24.3 Å². The van der Waals surface area contributed by atoms with Crippen LogP contribution in [0.5, 0.6) is 5.88 Å². The number of aryl methyl sites for hydroxylation is 1. The number of fused-ring (bicyclic) bond motifs is 4. The molecule has 4 aromatic carbocycles. The fourth-order valence-electron chi connectivity index (χ4n) is 4.16. The van der Waals surface area contributed by atoms with Crippen molar-refractivity contribution >= 4 is 46.3 Å². The number of nitrogens with zero attached hydrogens (tertiary/aromatic N) is 3. The molecule has 6 aromatic rings. The highest BCUT2D eigenvalue weighted by Crippen LogP contribution is 2.38. The van der Waals surface area contributed by atoms with Crippen LogP contribution in [0.3, 0.4) is 0 Å². The van der Waals surface area contributed by atoms with E-state index in [0.29, 0.717) is 33.5 Å². The van der Waals surface area contributed by atoms with Gasteiger partial charge >= 0.3 is 0 Å². The first-order valence-corrected chi connectivity index (χ1v) is 12.3. The topological polar surface area (TPSA) is 56.5 Å². The molecule has 2 aromatic heterocycles. The summed E-state index contributed by atoms with van der Waals surface area (Å²) >= 11 is 0. The number of hydrogen-bond donors (Lipinski definition) is 0. The van der Waals surface area contributed by atoms with Crippen molar-refractivity contribution in [3.63, 3.8) is 0 Å². The van der Waals surface area contributed by atoms with E-state index in [1.165, 1.54) is 0 Å². The molecule has 164 valence electrons. The van der Waals surface area contributed by atoms with Crippen LogP contribution in [-0.2, 0) is 0 Å². The zero-order chi connectivity index (χ0) is 23.1. The maximum absolute atomic E-state index is 13.7. The zero-order valence-corrected chi connectivity index (χ0v) is 19.3. The van der Waals surface area contributed by atoms with Crippen molar-refractivity contribution in [2.45, 2.75) is 6.92 Å². The van der Waals surface area contributed by atoms with Crippen molar-refractivity contribution in [1.82, 2.24) is 14.4 Å². The van der Waals surface area contributed by atoms with Crippen LogP contribution >= 0.6 is 8.15 Å². The lowest BCUT2D eigenvalue weighted by molar-refractivity contribution is 0.605. The van der Waals surface area contributed by atoms with Crippen LogP contribution in [0.4, 0.5) is 0 Å². The van der Waals surface area contributed by atoms with Crippen LogP contribution in [0.1, 0.15) is 5.56 Å². The van der Waals surface area contributed by atoms with E-state index in [1.54, 1.807) is 4.40 Å². The number of benzene rings is 4. The van der Waals surface area contributed by atoms with Gasteiger partial charge in [-0.2, -0.15) is 0 Å². The van der Waals surface area contributed by atoms with E-state index in [0.717, 1.165) is 16.2 Å². The molecule has 0 spiro atoms. The van der Waals surface area contributed by atoms with Crippen LogP contribution in [0.25, 0.3) is 27.6 Å². The van der Waals surface area contributed by atoms with Crippen molar-refractivity contribution in [3.8, 4) is 5.88 Å². The first-order chi connectivity index (χ1) is 16.7. The molecular weight excluding hydrogens is 441 g/mol. The predicted molar refractivity (Wildman–Crippen MR) is 139 cm³/mol. The van der Waals surface area contributed by atoms with Gasteiger partial charge in [-0.1, -0.05) is 84.9 Å². The van der Waals surface area contributed by atoms with E-state index in [-0.39, 0.29) is 5.56 Å². The largest absolute Gasteiger partial charge is 0.444 e. The highest BCUT2D eigenvalue weighted by molar-refractivity contribution is 7.68. The summed E-state index contributed by atoms with van der Waals surface area (Å²) in [5.41, 5.74) is 3.27. The molecule has 2 heterocycles. The molecule has 0 aliphatic heterocycles. The zero-order valence-electron chi connectivity index (χ0n) is 18.4. The summed E-state index contributed by atoms with van der Waals surface area (Å²) in [7, 11) is -1.23. The lowest BCUT2D eigenvalue weighted by Gasteiger charge is -2.20. The Kier molecular flexibility index (Phi) is 5.05.